The number of nitrogens with zero attached hydrogens (tertiary/aromatic N) is 4. The molecule has 2 saturated heterocycles. The van der Waals surface area contributed by atoms with Crippen LogP contribution in [-0.2, 0) is 4.79 Å². The van der Waals surface area contributed by atoms with E-state index in [2.05, 4.69) is 9.97 Å². The first-order chi connectivity index (χ1) is 10.6. The first-order valence-electron chi connectivity index (χ1n) is 7.96. The van der Waals surface area contributed by atoms with Gasteiger partial charge in [0.05, 0.1) is 5.56 Å². The summed E-state index contributed by atoms with van der Waals surface area (Å²) in [5.74, 6) is 0.280. The van der Waals surface area contributed by atoms with Gasteiger partial charge in [0.15, 0.2) is 0 Å². The number of carbonyl (C=O) groups excluding carboxylic acids is 2. The summed E-state index contributed by atoms with van der Waals surface area (Å²) in [4.78, 5) is 36.0. The lowest BCUT2D eigenvalue weighted by atomic mass is 9.72. The molecule has 0 atom stereocenters. The number of amides is 2. The van der Waals surface area contributed by atoms with Gasteiger partial charge in [0, 0.05) is 45.0 Å². The summed E-state index contributed by atoms with van der Waals surface area (Å²) in [6.45, 7) is 5.16. The molecule has 1 aromatic rings. The Hall–Kier alpha value is -1.98. The minimum absolute atomic E-state index is 0.00897. The zero-order valence-corrected chi connectivity index (χ0v) is 13.0. The monoisotopic (exact) mass is 302 g/mol. The van der Waals surface area contributed by atoms with Crippen molar-refractivity contribution in [2.75, 3.05) is 26.2 Å². The molecular formula is C16H22N4O2. The minimum atomic E-state index is 0.00897. The molecule has 0 saturated carbocycles. The SMILES string of the molecule is CCN1CC2(CCC1=O)CCN(C(=O)c1cncnc1)CC2. The van der Waals surface area contributed by atoms with Crippen LogP contribution in [0.2, 0.25) is 0 Å². The van der Waals surface area contributed by atoms with E-state index in [1.54, 1.807) is 12.4 Å². The summed E-state index contributed by atoms with van der Waals surface area (Å²) in [5.41, 5.74) is 0.751. The first-order valence-corrected chi connectivity index (χ1v) is 7.96. The predicted octanol–water partition coefficient (Wildman–Crippen LogP) is 1.34. The number of rotatable bonds is 2. The van der Waals surface area contributed by atoms with Crippen LogP contribution in [0.3, 0.4) is 0 Å². The average Bonchev–Trinajstić information content (AvgIpc) is 2.58. The van der Waals surface area contributed by atoms with Gasteiger partial charge in [-0.3, -0.25) is 9.59 Å². The van der Waals surface area contributed by atoms with Crippen molar-refractivity contribution in [3.05, 3.63) is 24.3 Å². The highest BCUT2D eigenvalue weighted by Gasteiger charge is 2.41. The highest BCUT2D eigenvalue weighted by Crippen LogP contribution is 2.40. The molecule has 0 radical (unpaired) electrons. The Bertz CT molecular complexity index is 553. The standard InChI is InChI=1S/C16H22N4O2/c1-2-19-11-16(4-3-14(19)21)5-7-20(8-6-16)15(22)13-9-17-12-18-10-13/h9-10,12H,2-8,11H2,1H3. The Kier molecular flexibility index (Phi) is 4.09. The van der Waals surface area contributed by atoms with Gasteiger partial charge < -0.3 is 9.80 Å². The van der Waals surface area contributed by atoms with E-state index in [-0.39, 0.29) is 17.2 Å². The molecule has 1 aromatic heterocycles. The minimum Gasteiger partial charge on any atom is -0.342 e. The second-order valence-electron chi connectivity index (χ2n) is 6.33. The summed E-state index contributed by atoms with van der Waals surface area (Å²) >= 11 is 0. The number of carbonyl (C=O) groups is 2. The summed E-state index contributed by atoms with van der Waals surface area (Å²) < 4.78 is 0. The first kappa shape index (κ1) is 14.9. The number of aromatic nitrogens is 2. The molecule has 6 nitrogen and oxygen atoms in total. The van der Waals surface area contributed by atoms with Crippen LogP contribution in [-0.4, -0.2) is 57.8 Å². The third-order valence-corrected chi connectivity index (χ3v) is 5.05. The molecule has 1 spiro atoms. The van der Waals surface area contributed by atoms with Crippen LogP contribution >= 0.6 is 0 Å². The lowest BCUT2D eigenvalue weighted by molar-refractivity contribution is -0.138. The molecule has 2 aliphatic heterocycles. The molecule has 0 aromatic carbocycles. The van der Waals surface area contributed by atoms with Crippen LogP contribution in [0.15, 0.2) is 18.7 Å². The maximum atomic E-state index is 12.4. The van der Waals surface area contributed by atoms with Crippen molar-refractivity contribution < 1.29 is 9.59 Å². The zero-order valence-electron chi connectivity index (χ0n) is 13.0. The van der Waals surface area contributed by atoms with E-state index in [4.69, 9.17) is 0 Å². The largest absolute Gasteiger partial charge is 0.342 e. The molecule has 3 rings (SSSR count). The second-order valence-corrected chi connectivity index (χ2v) is 6.33. The third kappa shape index (κ3) is 2.82. The smallest absolute Gasteiger partial charge is 0.256 e. The van der Waals surface area contributed by atoms with E-state index in [0.29, 0.717) is 12.0 Å². The highest BCUT2D eigenvalue weighted by molar-refractivity contribution is 5.93. The number of likely N-dealkylation sites (tertiary alicyclic amines) is 2. The average molecular weight is 302 g/mol. The summed E-state index contributed by atoms with van der Waals surface area (Å²) in [7, 11) is 0. The number of hydrogen-bond acceptors (Lipinski definition) is 4. The maximum absolute atomic E-state index is 12.4. The normalized spacial score (nSPS) is 21.2. The molecule has 0 N–H and O–H groups in total. The van der Waals surface area contributed by atoms with E-state index in [1.807, 2.05) is 16.7 Å². The Morgan fingerprint density at radius 1 is 1.23 bits per heavy atom. The quantitative estimate of drug-likeness (QED) is 0.827. The van der Waals surface area contributed by atoms with Crippen LogP contribution in [0.5, 0.6) is 0 Å². The fourth-order valence-electron chi connectivity index (χ4n) is 3.57. The molecule has 2 fully saturated rings. The van der Waals surface area contributed by atoms with Crippen LogP contribution in [0.1, 0.15) is 43.0 Å². The molecule has 118 valence electrons. The molecule has 6 heteroatoms. The fraction of sp³-hybridized carbons (Fsp3) is 0.625. The molecule has 2 aliphatic rings. The van der Waals surface area contributed by atoms with Crippen molar-refractivity contribution in [2.24, 2.45) is 5.41 Å². The van der Waals surface area contributed by atoms with Gasteiger partial charge in [-0.25, -0.2) is 9.97 Å². The van der Waals surface area contributed by atoms with Gasteiger partial charge in [0.25, 0.3) is 5.91 Å². The van der Waals surface area contributed by atoms with E-state index in [1.165, 1.54) is 6.33 Å². The Labute approximate surface area is 130 Å². The maximum Gasteiger partial charge on any atom is 0.256 e. The van der Waals surface area contributed by atoms with Gasteiger partial charge in [-0.1, -0.05) is 0 Å². The summed E-state index contributed by atoms with van der Waals surface area (Å²) in [6, 6.07) is 0. The van der Waals surface area contributed by atoms with Gasteiger partial charge in [-0.15, -0.1) is 0 Å². The molecule has 22 heavy (non-hydrogen) atoms. The van der Waals surface area contributed by atoms with E-state index >= 15 is 0 Å². The van der Waals surface area contributed by atoms with Gasteiger partial charge in [-0.2, -0.15) is 0 Å². The third-order valence-electron chi connectivity index (χ3n) is 5.05. The topological polar surface area (TPSA) is 66.4 Å². The molecule has 3 heterocycles. The lowest BCUT2D eigenvalue weighted by Gasteiger charge is -2.47. The van der Waals surface area contributed by atoms with Crippen molar-refractivity contribution in [3.8, 4) is 0 Å². The van der Waals surface area contributed by atoms with E-state index < -0.39 is 0 Å². The molecule has 0 unspecified atom stereocenters. The van der Waals surface area contributed by atoms with Crippen molar-refractivity contribution >= 4 is 11.8 Å². The fourth-order valence-corrected chi connectivity index (χ4v) is 3.57. The second kappa shape index (κ2) is 6.02. The Morgan fingerprint density at radius 2 is 1.91 bits per heavy atom. The Balaban J connectivity index is 1.63. The molecule has 0 aliphatic carbocycles. The van der Waals surface area contributed by atoms with Gasteiger partial charge in [-0.05, 0) is 31.6 Å². The van der Waals surface area contributed by atoms with E-state index in [0.717, 1.165) is 45.4 Å². The van der Waals surface area contributed by atoms with Crippen LogP contribution in [0.4, 0.5) is 0 Å². The molecule has 0 bridgehead atoms. The van der Waals surface area contributed by atoms with Crippen molar-refractivity contribution in [1.29, 1.82) is 0 Å². The zero-order chi connectivity index (χ0) is 15.6. The number of hydrogen-bond donors (Lipinski definition) is 0. The van der Waals surface area contributed by atoms with Gasteiger partial charge >= 0.3 is 0 Å². The van der Waals surface area contributed by atoms with Crippen LogP contribution in [0.25, 0.3) is 0 Å². The number of piperidine rings is 2. The molecular weight excluding hydrogens is 280 g/mol. The van der Waals surface area contributed by atoms with Gasteiger partial charge in [0.1, 0.15) is 6.33 Å². The van der Waals surface area contributed by atoms with Crippen LogP contribution in [0, 0.1) is 5.41 Å². The van der Waals surface area contributed by atoms with Gasteiger partial charge in [0.2, 0.25) is 5.91 Å². The highest BCUT2D eigenvalue weighted by atomic mass is 16.2. The van der Waals surface area contributed by atoms with Crippen LogP contribution < -0.4 is 0 Å². The summed E-state index contributed by atoms with van der Waals surface area (Å²) in [5, 5.41) is 0. The predicted molar refractivity (Wildman–Crippen MR) is 81.1 cm³/mol. The lowest BCUT2D eigenvalue weighted by Crippen LogP contribution is -2.52. The van der Waals surface area contributed by atoms with Crippen molar-refractivity contribution in [3.63, 3.8) is 0 Å². The molecule has 2 amide bonds. The Morgan fingerprint density at radius 3 is 2.55 bits per heavy atom. The van der Waals surface area contributed by atoms with Crippen molar-refractivity contribution in [2.45, 2.75) is 32.6 Å². The van der Waals surface area contributed by atoms with E-state index in [9.17, 15) is 9.59 Å². The van der Waals surface area contributed by atoms with Crippen molar-refractivity contribution in [1.82, 2.24) is 19.8 Å². The summed E-state index contributed by atoms with van der Waals surface area (Å²) in [6.07, 6.45) is 8.11.